The lowest BCUT2D eigenvalue weighted by Crippen LogP contribution is -2.67. The van der Waals surface area contributed by atoms with Crippen LogP contribution in [0.5, 0.6) is 0 Å². The van der Waals surface area contributed by atoms with Crippen molar-refractivity contribution in [3.63, 3.8) is 0 Å². The van der Waals surface area contributed by atoms with Crippen molar-refractivity contribution in [2.24, 2.45) is 0 Å². The Hall–Kier alpha value is -0.0151. The summed E-state index contributed by atoms with van der Waals surface area (Å²) in [4.78, 5) is 0. The van der Waals surface area contributed by atoms with E-state index < -0.39 is 0 Å². The van der Waals surface area contributed by atoms with Gasteiger partial charge < -0.3 is 10.6 Å². The molecule has 5 aliphatic rings. The van der Waals surface area contributed by atoms with Gasteiger partial charge in [0, 0.05) is 24.2 Å². The van der Waals surface area contributed by atoms with E-state index in [2.05, 4.69) is 10.6 Å². The monoisotopic (exact) mass is 370 g/mol. The molecule has 0 radical (unpaired) electrons. The van der Waals surface area contributed by atoms with E-state index in [-0.39, 0.29) is 0 Å². The highest BCUT2D eigenvalue weighted by Gasteiger charge is 2.56. The molecule has 27 heavy (non-hydrogen) atoms. The molecule has 0 amide bonds. The summed E-state index contributed by atoms with van der Waals surface area (Å²) in [5.41, 5.74) is 0. The van der Waals surface area contributed by atoms with E-state index in [1.54, 1.807) is 0 Å². The fourth-order valence-corrected chi connectivity index (χ4v) is 8.30. The minimum Gasteiger partial charge on any atom is -0.312 e. The van der Waals surface area contributed by atoms with Gasteiger partial charge in [-0.25, -0.2) is 0 Å². The van der Waals surface area contributed by atoms with Crippen LogP contribution in [0.25, 0.3) is 0 Å². The van der Waals surface area contributed by atoms with Gasteiger partial charge in [-0.2, -0.15) is 0 Å². The van der Waals surface area contributed by atoms with E-state index >= 15 is 0 Å². The SMILES string of the molecule is C1CCCC2NC3CCCCC4NC5CCCCCCC5B(C2CCC1)C34. The second-order valence-electron chi connectivity index (χ2n) is 10.9. The van der Waals surface area contributed by atoms with Crippen LogP contribution >= 0.6 is 0 Å². The van der Waals surface area contributed by atoms with Gasteiger partial charge in [0.25, 0.3) is 0 Å². The maximum Gasteiger partial charge on any atom is 0.156 e. The molecule has 2 saturated heterocycles. The minimum atomic E-state index is 0.823. The summed E-state index contributed by atoms with van der Waals surface area (Å²) in [6.07, 6.45) is 25.3. The van der Waals surface area contributed by atoms with E-state index in [0.29, 0.717) is 0 Å². The van der Waals surface area contributed by atoms with Crippen molar-refractivity contribution < 1.29 is 0 Å². The normalized spacial score (nSPS) is 46.2. The molecule has 0 bridgehead atoms. The first-order valence-electron chi connectivity index (χ1n) is 12.9. The van der Waals surface area contributed by atoms with Gasteiger partial charge in [0.05, 0.1) is 0 Å². The predicted molar refractivity (Wildman–Crippen MR) is 117 cm³/mol. The van der Waals surface area contributed by atoms with E-state index in [1.807, 2.05) is 0 Å². The van der Waals surface area contributed by atoms with Gasteiger partial charge in [-0.15, -0.1) is 0 Å². The molecule has 7 atom stereocenters. The average Bonchev–Trinajstić information content (AvgIpc) is 2.77. The first-order chi connectivity index (χ1) is 13.4. The summed E-state index contributed by atoms with van der Waals surface area (Å²) >= 11 is 0. The zero-order chi connectivity index (χ0) is 18.1. The first kappa shape index (κ1) is 19.0. The van der Waals surface area contributed by atoms with Crippen molar-refractivity contribution in [3.8, 4) is 0 Å². The molecule has 3 aliphatic carbocycles. The molecule has 3 saturated carbocycles. The minimum absolute atomic E-state index is 0.823. The van der Waals surface area contributed by atoms with E-state index in [1.165, 1.54) is 109 Å². The second kappa shape index (κ2) is 8.78. The maximum atomic E-state index is 4.30. The van der Waals surface area contributed by atoms with Gasteiger partial charge in [-0.05, 0) is 43.1 Å². The third-order valence-electron chi connectivity index (χ3n) is 9.39. The largest absolute Gasteiger partial charge is 0.312 e. The predicted octanol–water partition coefficient (Wildman–Crippen LogP) is 5.95. The topological polar surface area (TPSA) is 24.1 Å². The van der Waals surface area contributed by atoms with Crippen molar-refractivity contribution >= 4 is 6.71 Å². The highest BCUT2D eigenvalue weighted by molar-refractivity contribution is 6.65. The number of hydrogen-bond donors (Lipinski definition) is 2. The summed E-state index contributed by atoms with van der Waals surface area (Å²) in [7, 11) is 0. The Morgan fingerprint density at radius 2 is 0.778 bits per heavy atom. The number of fused-ring (bicyclic) bond motifs is 4. The third kappa shape index (κ3) is 3.89. The third-order valence-corrected chi connectivity index (χ3v) is 9.39. The molecule has 0 aromatic heterocycles. The van der Waals surface area contributed by atoms with Crippen LogP contribution < -0.4 is 10.6 Å². The van der Waals surface area contributed by atoms with Crippen LogP contribution in [-0.4, -0.2) is 30.9 Å². The Morgan fingerprint density at radius 1 is 0.407 bits per heavy atom. The van der Waals surface area contributed by atoms with Crippen LogP contribution in [0.1, 0.15) is 109 Å². The lowest BCUT2D eigenvalue weighted by molar-refractivity contribution is 0.238. The summed E-state index contributed by atoms with van der Waals surface area (Å²) in [6, 6.07) is 3.34. The smallest absolute Gasteiger partial charge is 0.156 e. The Morgan fingerprint density at radius 3 is 1.30 bits per heavy atom. The molecule has 7 unspecified atom stereocenters. The molecule has 0 aromatic rings. The highest BCUT2D eigenvalue weighted by Crippen LogP contribution is 2.53. The summed E-state index contributed by atoms with van der Waals surface area (Å²) in [6.45, 7) is 1.03. The quantitative estimate of drug-likeness (QED) is 0.515. The van der Waals surface area contributed by atoms with Crippen molar-refractivity contribution in [1.82, 2.24) is 10.6 Å². The van der Waals surface area contributed by atoms with E-state index in [9.17, 15) is 0 Å². The van der Waals surface area contributed by atoms with Gasteiger partial charge in [-0.1, -0.05) is 83.5 Å². The van der Waals surface area contributed by atoms with Crippen molar-refractivity contribution in [1.29, 1.82) is 0 Å². The van der Waals surface area contributed by atoms with Gasteiger partial charge in [0.2, 0.25) is 0 Å². The molecule has 5 fully saturated rings. The molecule has 152 valence electrons. The zero-order valence-corrected chi connectivity index (χ0v) is 17.6. The molecule has 3 heteroatoms. The van der Waals surface area contributed by atoms with Crippen molar-refractivity contribution in [2.75, 3.05) is 0 Å². The van der Waals surface area contributed by atoms with Gasteiger partial charge in [-0.3, -0.25) is 0 Å². The van der Waals surface area contributed by atoms with Crippen LogP contribution in [0.2, 0.25) is 17.5 Å². The molecule has 2 heterocycles. The van der Waals surface area contributed by atoms with E-state index in [4.69, 9.17) is 0 Å². The molecular weight excluding hydrogens is 327 g/mol. The summed E-state index contributed by atoms with van der Waals surface area (Å²) in [5.74, 6) is 2.91. The van der Waals surface area contributed by atoms with E-state index in [0.717, 1.165) is 48.3 Å². The Kier molecular flexibility index (Phi) is 6.17. The molecule has 5 rings (SSSR count). The number of hydrogen-bond acceptors (Lipinski definition) is 2. The first-order valence-corrected chi connectivity index (χ1v) is 12.9. The standard InChI is InChI=1S/C24H43BN2/c1-2-6-12-18-20(14-8-3-1)26-22-16-10-11-17-23-24(22)25(18)19-13-7-4-5-9-15-21(19)27-23/h18-24,26-27H,1-17H2. The lowest BCUT2D eigenvalue weighted by atomic mass is 9.20. The molecular formula is C24H43BN2. The van der Waals surface area contributed by atoms with Crippen LogP contribution in [0.3, 0.4) is 0 Å². The molecule has 0 aromatic carbocycles. The van der Waals surface area contributed by atoms with Crippen LogP contribution in [-0.2, 0) is 0 Å². The Labute approximate surface area is 168 Å². The molecule has 0 spiro atoms. The lowest BCUT2D eigenvalue weighted by Gasteiger charge is -2.57. The molecule has 2 nitrogen and oxygen atoms in total. The van der Waals surface area contributed by atoms with Gasteiger partial charge in [0.15, 0.2) is 6.71 Å². The number of rotatable bonds is 0. The fourth-order valence-electron chi connectivity index (χ4n) is 8.30. The zero-order valence-electron chi connectivity index (χ0n) is 17.6. The number of nitrogens with one attached hydrogen (secondary N) is 2. The Bertz CT molecular complexity index is 483. The van der Waals surface area contributed by atoms with Gasteiger partial charge in [0.1, 0.15) is 0 Å². The fraction of sp³-hybridized carbons (Fsp3) is 1.00. The summed E-state index contributed by atoms with van der Waals surface area (Å²) in [5, 5.41) is 8.59. The Balaban J connectivity index is 1.48. The average molecular weight is 370 g/mol. The highest BCUT2D eigenvalue weighted by atomic mass is 15.0. The van der Waals surface area contributed by atoms with Crippen LogP contribution in [0, 0.1) is 0 Å². The van der Waals surface area contributed by atoms with Crippen molar-refractivity contribution in [3.05, 3.63) is 0 Å². The summed E-state index contributed by atoms with van der Waals surface area (Å²) < 4.78 is 0. The van der Waals surface area contributed by atoms with Gasteiger partial charge >= 0.3 is 0 Å². The van der Waals surface area contributed by atoms with Crippen LogP contribution in [0.4, 0.5) is 0 Å². The molecule has 2 aliphatic heterocycles. The van der Waals surface area contributed by atoms with Crippen molar-refractivity contribution in [2.45, 2.75) is 151 Å². The van der Waals surface area contributed by atoms with Crippen LogP contribution in [0.15, 0.2) is 0 Å². The molecule has 2 N–H and O–H groups in total. The second-order valence-corrected chi connectivity index (χ2v) is 10.9. The maximum absolute atomic E-state index is 4.30.